The average Bonchev–Trinajstić information content (AvgIpc) is 3.18. The number of ether oxygens (including phenoxy) is 2. The second-order valence-corrected chi connectivity index (χ2v) is 5.75. The molecular weight excluding hydrogens is 368 g/mol. The fourth-order valence-corrected chi connectivity index (χ4v) is 2.36. The van der Waals surface area contributed by atoms with Gasteiger partial charge >= 0.3 is 5.97 Å². The van der Waals surface area contributed by atoms with Gasteiger partial charge < -0.3 is 19.6 Å². The Kier molecular flexibility index (Phi) is 5.21. The number of benzene rings is 2. The van der Waals surface area contributed by atoms with Gasteiger partial charge in [0.25, 0.3) is 11.6 Å². The fourth-order valence-electron chi connectivity index (χ4n) is 2.36. The summed E-state index contributed by atoms with van der Waals surface area (Å²) in [4.78, 5) is 22.6. The zero-order valence-electron chi connectivity index (χ0n) is 15.0. The Balaban J connectivity index is 1.73. The molecular formula is C18H16N4O6. The molecule has 0 saturated carbocycles. The van der Waals surface area contributed by atoms with Gasteiger partial charge in [-0.2, -0.15) is 0 Å². The smallest absolute Gasteiger partial charge is 0.339 e. The number of anilines is 1. The highest BCUT2D eigenvalue weighted by atomic mass is 16.6. The predicted octanol–water partition coefficient (Wildman–Crippen LogP) is 3.15. The van der Waals surface area contributed by atoms with Gasteiger partial charge in [-0.15, -0.1) is 10.2 Å². The Morgan fingerprint density at radius 3 is 2.57 bits per heavy atom. The van der Waals surface area contributed by atoms with Crippen molar-refractivity contribution < 1.29 is 23.6 Å². The standard InChI is InChI=1S/C18H16N4O6/c1-10(27-18(23)12-5-8-14(19)15(9-12)22(24)25)16-20-21-17(28-16)11-3-6-13(26-2)7-4-11/h3-10H,19H2,1-2H3/t10-/m0/s1. The maximum Gasteiger partial charge on any atom is 0.339 e. The van der Waals surface area contributed by atoms with Crippen molar-refractivity contribution in [3.05, 3.63) is 64.0 Å². The molecule has 2 N–H and O–H groups in total. The van der Waals surface area contributed by atoms with E-state index in [4.69, 9.17) is 19.6 Å². The largest absolute Gasteiger partial charge is 0.497 e. The van der Waals surface area contributed by atoms with Crippen LogP contribution in [0, 0.1) is 10.1 Å². The van der Waals surface area contributed by atoms with E-state index in [0.29, 0.717) is 11.3 Å². The van der Waals surface area contributed by atoms with Crippen molar-refractivity contribution in [3.63, 3.8) is 0 Å². The van der Waals surface area contributed by atoms with Gasteiger partial charge in [0.15, 0.2) is 6.10 Å². The lowest BCUT2D eigenvalue weighted by atomic mass is 10.2. The van der Waals surface area contributed by atoms with Crippen LogP contribution in [-0.4, -0.2) is 28.2 Å². The number of methoxy groups -OCH3 is 1. The topological polar surface area (TPSA) is 144 Å². The van der Waals surface area contributed by atoms with Gasteiger partial charge in [-0.25, -0.2) is 4.79 Å². The third-order valence-corrected chi connectivity index (χ3v) is 3.87. The third kappa shape index (κ3) is 3.90. The quantitative estimate of drug-likeness (QED) is 0.293. The number of nitrogens with two attached hydrogens (primary N) is 1. The number of aromatic nitrogens is 2. The highest BCUT2D eigenvalue weighted by molar-refractivity contribution is 5.91. The molecule has 28 heavy (non-hydrogen) atoms. The number of hydrogen-bond acceptors (Lipinski definition) is 9. The van der Waals surface area contributed by atoms with Crippen molar-refractivity contribution in [3.8, 4) is 17.2 Å². The van der Waals surface area contributed by atoms with Gasteiger partial charge in [0.2, 0.25) is 5.89 Å². The van der Waals surface area contributed by atoms with Crippen molar-refractivity contribution in [2.24, 2.45) is 0 Å². The minimum atomic E-state index is -0.858. The molecule has 0 aliphatic rings. The summed E-state index contributed by atoms with van der Waals surface area (Å²) in [7, 11) is 1.56. The minimum absolute atomic E-state index is 0.0114. The van der Waals surface area contributed by atoms with E-state index >= 15 is 0 Å². The number of nitro benzene ring substituents is 1. The Morgan fingerprint density at radius 2 is 1.93 bits per heavy atom. The maximum atomic E-state index is 12.3. The summed E-state index contributed by atoms with van der Waals surface area (Å²) in [5.74, 6) is 0.246. The van der Waals surface area contributed by atoms with Crippen LogP contribution in [0.1, 0.15) is 29.3 Å². The van der Waals surface area contributed by atoms with Gasteiger partial charge in [0.05, 0.1) is 17.6 Å². The zero-order chi connectivity index (χ0) is 20.3. The van der Waals surface area contributed by atoms with Gasteiger partial charge in [-0.1, -0.05) is 0 Å². The molecule has 0 bridgehead atoms. The highest BCUT2D eigenvalue weighted by Crippen LogP contribution is 2.26. The zero-order valence-corrected chi connectivity index (χ0v) is 15.0. The van der Waals surface area contributed by atoms with Crippen molar-refractivity contribution >= 4 is 17.3 Å². The Morgan fingerprint density at radius 1 is 1.21 bits per heavy atom. The van der Waals surface area contributed by atoms with E-state index in [-0.39, 0.29) is 28.7 Å². The SMILES string of the molecule is COc1ccc(-c2nnc([C@H](C)OC(=O)c3ccc(N)c([N+](=O)[O-])c3)o2)cc1. The van der Waals surface area contributed by atoms with Crippen LogP contribution in [0.2, 0.25) is 0 Å². The predicted molar refractivity (Wildman–Crippen MR) is 97.6 cm³/mol. The van der Waals surface area contributed by atoms with Crippen molar-refractivity contribution in [2.75, 3.05) is 12.8 Å². The van der Waals surface area contributed by atoms with E-state index in [9.17, 15) is 14.9 Å². The molecule has 144 valence electrons. The summed E-state index contributed by atoms with van der Waals surface area (Å²) in [6.07, 6.45) is -0.858. The molecule has 0 unspecified atom stereocenters. The molecule has 1 heterocycles. The van der Waals surface area contributed by atoms with E-state index in [1.165, 1.54) is 12.1 Å². The van der Waals surface area contributed by atoms with E-state index in [1.807, 2.05) is 0 Å². The summed E-state index contributed by atoms with van der Waals surface area (Å²) in [6.45, 7) is 1.55. The number of carbonyl (C=O) groups excluding carboxylic acids is 1. The first-order valence-electron chi connectivity index (χ1n) is 8.11. The molecule has 0 saturated heterocycles. The Bertz CT molecular complexity index is 1020. The van der Waals surface area contributed by atoms with Crippen LogP contribution in [0.25, 0.3) is 11.5 Å². The van der Waals surface area contributed by atoms with Crippen LogP contribution in [-0.2, 0) is 4.74 Å². The number of nitrogens with zero attached hydrogens (tertiary/aromatic N) is 3. The number of hydrogen-bond donors (Lipinski definition) is 1. The molecule has 10 heteroatoms. The number of nitro groups is 1. The van der Waals surface area contributed by atoms with Crippen LogP contribution in [0.4, 0.5) is 11.4 Å². The molecule has 0 spiro atoms. The summed E-state index contributed by atoms with van der Waals surface area (Å²) >= 11 is 0. The van der Waals surface area contributed by atoms with Crippen LogP contribution in [0.5, 0.6) is 5.75 Å². The molecule has 3 rings (SSSR count). The Hall–Kier alpha value is -3.95. The van der Waals surface area contributed by atoms with Gasteiger partial charge in [0, 0.05) is 11.6 Å². The van der Waals surface area contributed by atoms with Crippen molar-refractivity contribution in [2.45, 2.75) is 13.0 Å². The first-order chi connectivity index (χ1) is 13.4. The number of nitrogen functional groups attached to an aromatic ring is 1. The van der Waals surface area contributed by atoms with Crippen LogP contribution in [0.3, 0.4) is 0 Å². The second kappa shape index (κ2) is 7.74. The van der Waals surface area contributed by atoms with E-state index in [2.05, 4.69) is 10.2 Å². The lowest BCUT2D eigenvalue weighted by Gasteiger charge is -2.09. The van der Waals surface area contributed by atoms with E-state index < -0.39 is 17.0 Å². The summed E-state index contributed by atoms with van der Waals surface area (Å²) in [5, 5.41) is 18.8. The first kappa shape index (κ1) is 18.8. The molecule has 0 aliphatic carbocycles. The molecule has 0 radical (unpaired) electrons. The van der Waals surface area contributed by atoms with Gasteiger partial charge in [-0.3, -0.25) is 10.1 Å². The van der Waals surface area contributed by atoms with E-state index in [0.717, 1.165) is 6.07 Å². The average molecular weight is 384 g/mol. The molecule has 1 atom stereocenters. The van der Waals surface area contributed by atoms with Crippen LogP contribution < -0.4 is 10.5 Å². The maximum absolute atomic E-state index is 12.3. The summed E-state index contributed by atoms with van der Waals surface area (Å²) in [5.41, 5.74) is 5.77. The minimum Gasteiger partial charge on any atom is -0.497 e. The lowest BCUT2D eigenvalue weighted by Crippen LogP contribution is -2.10. The molecule has 2 aromatic carbocycles. The third-order valence-electron chi connectivity index (χ3n) is 3.87. The fraction of sp³-hybridized carbons (Fsp3) is 0.167. The Labute approximate surface area is 159 Å². The molecule has 0 aliphatic heterocycles. The second-order valence-electron chi connectivity index (χ2n) is 5.75. The van der Waals surface area contributed by atoms with E-state index in [1.54, 1.807) is 38.3 Å². The number of carbonyl (C=O) groups is 1. The molecule has 10 nitrogen and oxygen atoms in total. The van der Waals surface area contributed by atoms with Gasteiger partial charge in [-0.05, 0) is 43.3 Å². The lowest BCUT2D eigenvalue weighted by molar-refractivity contribution is -0.383. The molecule has 1 aromatic heterocycles. The molecule has 3 aromatic rings. The normalized spacial score (nSPS) is 11.6. The molecule has 0 amide bonds. The monoisotopic (exact) mass is 384 g/mol. The summed E-state index contributed by atoms with van der Waals surface area (Å²) < 4.78 is 15.9. The number of esters is 1. The van der Waals surface area contributed by atoms with Crippen molar-refractivity contribution in [1.82, 2.24) is 10.2 Å². The van der Waals surface area contributed by atoms with Crippen LogP contribution in [0.15, 0.2) is 46.9 Å². The summed E-state index contributed by atoms with van der Waals surface area (Å²) in [6, 6.07) is 10.7. The van der Waals surface area contributed by atoms with Gasteiger partial charge in [0.1, 0.15) is 11.4 Å². The number of rotatable bonds is 6. The highest BCUT2D eigenvalue weighted by Gasteiger charge is 2.22. The molecule has 0 fully saturated rings. The van der Waals surface area contributed by atoms with Crippen molar-refractivity contribution in [1.29, 1.82) is 0 Å². The van der Waals surface area contributed by atoms with Crippen LogP contribution >= 0.6 is 0 Å². The first-order valence-corrected chi connectivity index (χ1v) is 8.11.